The van der Waals surface area contributed by atoms with Gasteiger partial charge in [0.05, 0.1) is 11.1 Å². The molecule has 3 aromatic rings. The summed E-state index contributed by atoms with van der Waals surface area (Å²) in [6, 6.07) is 19.8. The monoisotopic (exact) mass is 457 g/mol. The van der Waals surface area contributed by atoms with Crippen LogP contribution in [0.25, 0.3) is 0 Å². The maximum atomic E-state index is 12.3. The van der Waals surface area contributed by atoms with Gasteiger partial charge in [0.25, 0.3) is 0 Å². The molecule has 0 spiro atoms. The van der Waals surface area contributed by atoms with Crippen LogP contribution >= 0.6 is 8.25 Å². The minimum atomic E-state index is -2.92. The Morgan fingerprint density at radius 3 is 1.24 bits per heavy atom. The zero-order chi connectivity index (χ0) is 23.8. The average molecular weight is 457 g/mol. The van der Waals surface area contributed by atoms with Crippen LogP contribution in [0.15, 0.2) is 54.6 Å². The number of hydrogen-bond donors (Lipinski definition) is 0. The molecule has 7 heteroatoms. The van der Waals surface area contributed by atoms with Gasteiger partial charge >= 0.3 is 39.1 Å². The molecule has 0 amide bonds. The van der Waals surface area contributed by atoms with Crippen molar-refractivity contribution in [2.75, 3.05) is 0 Å². The second-order valence-electron chi connectivity index (χ2n) is 7.61. The Kier molecular flexibility index (Phi) is 11.3. The number of hydrogen-bond acceptors (Lipinski definition) is 5. The second kappa shape index (κ2) is 13.1. The van der Waals surface area contributed by atoms with Crippen LogP contribution in [0.2, 0.25) is 0 Å². The molecule has 3 rings (SSSR count). The van der Waals surface area contributed by atoms with E-state index in [0.717, 1.165) is 11.1 Å². The first-order chi connectivity index (χ1) is 15.1. The fraction of sp³-hybridized carbons (Fsp3) is 0.231. The molecule has 0 N–H and O–H groups in total. The Hall–Kier alpha value is -2.70. The van der Waals surface area contributed by atoms with E-state index in [2.05, 4.69) is 6.07 Å². The number of carbonyl (C=O) groups excluding carboxylic acids is 2. The van der Waals surface area contributed by atoms with Gasteiger partial charge in [0, 0.05) is 4.57 Å². The summed E-state index contributed by atoms with van der Waals surface area (Å²) in [6.45, 7) is 10.9. The average Bonchev–Trinajstić information content (AvgIpc) is 2.68. The fourth-order valence-electron chi connectivity index (χ4n) is 3.59. The number of carbonyl (C=O) groups is 2. The molecule has 0 saturated carbocycles. The quantitative estimate of drug-likeness (QED) is 0.340. The zero-order valence-electron chi connectivity index (χ0n) is 20.2. The van der Waals surface area contributed by atoms with Crippen LogP contribution in [-0.4, -0.2) is 11.9 Å². The fourth-order valence-corrected chi connectivity index (χ4v) is 4.08. The first-order valence-electron chi connectivity index (χ1n) is 10.1. The largest absolute Gasteiger partial charge is 1.00 e. The molecule has 0 aliphatic carbocycles. The van der Waals surface area contributed by atoms with Crippen molar-refractivity contribution in [2.45, 2.75) is 41.5 Å². The van der Waals surface area contributed by atoms with E-state index >= 15 is 0 Å². The van der Waals surface area contributed by atoms with Crippen molar-refractivity contribution in [1.29, 1.82) is 0 Å². The summed E-state index contributed by atoms with van der Waals surface area (Å²) in [5.41, 5.74) is 5.55. The van der Waals surface area contributed by atoms with Gasteiger partial charge < -0.3 is 0 Å². The third-order valence-electron chi connectivity index (χ3n) is 4.68. The van der Waals surface area contributed by atoms with Crippen molar-refractivity contribution < 1.29 is 42.1 Å². The van der Waals surface area contributed by atoms with Gasteiger partial charge in [0.15, 0.2) is 0 Å². The van der Waals surface area contributed by atoms with Crippen molar-refractivity contribution in [1.82, 2.24) is 0 Å². The first kappa shape index (κ1) is 28.3. The Bertz CT molecular complexity index is 996. The summed E-state index contributed by atoms with van der Waals surface area (Å²) >= 11 is 0. The molecule has 0 atom stereocenters. The molecule has 0 aliphatic heterocycles. The predicted octanol–water partition coefficient (Wildman–Crippen LogP) is 3.70. The minimum Gasteiger partial charge on any atom is -0.241 e. The molecule has 166 valence electrons. The molecule has 3 aromatic carbocycles. The summed E-state index contributed by atoms with van der Waals surface area (Å²) in [7, 11) is -2.92. The van der Waals surface area contributed by atoms with Crippen LogP contribution in [0.5, 0.6) is 0 Å². The van der Waals surface area contributed by atoms with Crippen molar-refractivity contribution in [2.24, 2.45) is 0 Å². The van der Waals surface area contributed by atoms with Gasteiger partial charge in [-0.15, -0.1) is 0 Å². The minimum absolute atomic E-state index is 0. The van der Waals surface area contributed by atoms with E-state index in [4.69, 9.17) is 9.05 Å². The van der Waals surface area contributed by atoms with Crippen LogP contribution in [-0.2, 0) is 13.6 Å². The third-order valence-corrected chi connectivity index (χ3v) is 5.31. The van der Waals surface area contributed by atoms with E-state index in [9.17, 15) is 14.2 Å². The van der Waals surface area contributed by atoms with Crippen LogP contribution < -0.4 is 18.9 Å². The Morgan fingerprint density at radius 1 is 0.667 bits per heavy atom. The van der Waals surface area contributed by atoms with Crippen LogP contribution in [0.4, 0.5) is 0 Å². The molecule has 33 heavy (non-hydrogen) atoms. The molecule has 0 bridgehead atoms. The van der Waals surface area contributed by atoms with E-state index in [1.165, 1.54) is 0 Å². The molecule has 0 radical (unpaired) electrons. The zero-order valence-corrected chi connectivity index (χ0v) is 21.1. The topological polar surface area (TPSA) is 69.7 Å². The maximum Gasteiger partial charge on any atom is 1.00 e. The molecule has 0 aliphatic rings. The first-order valence-corrected chi connectivity index (χ1v) is 11.2. The number of rotatable bonds is 4. The Labute approximate surface area is 208 Å². The van der Waals surface area contributed by atoms with Crippen LogP contribution in [0.1, 0.15) is 54.1 Å². The SMILES string of the molecule is Cc1cc(C)c(C(=O)O[P+](=O)OC(=O)c2c(C)cc(C)cc2C)c(C)c1.[Li+].[c-]1ccccc1. The van der Waals surface area contributed by atoms with Crippen molar-refractivity contribution in [3.05, 3.63) is 105 Å². The van der Waals surface area contributed by atoms with E-state index in [0.29, 0.717) is 33.4 Å². The van der Waals surface area contributed by atoms with Gasteiger partial charge in [-0.3, -0.25) is 0 Å². The Balaban J connectivity index is 0.000000673. The molecule has 0 unspecified atom stereocenters. The number of aryl methyl sites for hydroxylation is 6. The molecular formula is C26H27LiO5P+. The molecule has 0 heterocycles. The Morgan fingerprint density at radius 2 is 1.00 bits per heavy atom. The predicted molar refractivity (Wildman–Crippen MR) is 125 cm³/mol. The van der Waals surface area contributed by atoms with E-state index in [-0.39, 0.29) is 18.9 Å². The second-order valence-corrected chi connectivity index (χ2v) is 8.42. The molecular weight excluding hydrogens is 430 g/mol. The summed E-state index contributed by atoms with van der Waals surface area (Å²) in [5, 5.41) is 0. The van der Waals surface area contributed by atoms with Crippen molar-refractivity contribution in [3.63, 3.8) is 0 Å². The third kappa shape index (κ3) is 8.30. The maximum absolute atomic E-state index is 12.3. The molecule has 5 nitrogen and oxygen atoms in total. The van der Waals surface area contributed by atoms with Gasteiger partial charge in [-0.1, -0.05) is 35.4 Å². The van der Waals surface area contributed by atoms with Gasteiger partial charge in [0.1, 0.15) is 0 Å². The van der Waals surface area contributed by atoms with Gasteiger partial charge in [-0.05, 0) is 63.8 Å². The summed E-state index contributed by atoms with van der Waals surface area (Å²) < 4.78 is 21.8. The van der Waals surface area contributed by atoms with E-state index in [1.807, 2.05) is 68.4 Å². The van der Waals surface area contributed by atoms with Crippen molar-refractivity contribution in [3.8, 4) is 0 Å². The normalized spacial score (nSPS) is 9.64. The molecule has 0 saturated heterocycles. The number of benzene rings is 3. The van der Waals surface area contributed by atoms with Gasteiger partial charge in [0.2, 0.25) is 0 Å². The van der Waals surface area contributed by atoms with Gasteiger partial charge in [-0.2, -0.15) is 45.4 Å². The molecule has 0 fully saturated rings. The summed E-state index contributed by atoms with van der Waals surface area (Å²) in [4.78, 5) is 24.6. The molecule has 0 aromatic heterocycles. The van der Waals surface area contributed by atoms with Gasteiger partial charge in [-0.25, -0.2) is 9.59 Å². The van der Waals surface area contributed by atoms with Crippen LogP contribution in [0.3, 0.4) is 0 Å². The van der Waals surface area contributed by atoms with E-state index < -0.39 is 20.2 Å². The van der Waals surface area contributed by atoms with E-state index in [1.54, 1.807) is 27.7 Å². The summed E-state index contributed by atoms with van der Waals surface area (Å²) in [5.74, 6) is -1.54. The van der Waals surface area contributed by atoms with Crippen molar-refractivity contribution >= 4 is 20.2 Å². The summed E-state index contributed by atoms with van der Waals surface area (Å²) in [6.07, 6.45) is 0. The standard InChI is InChI=1S/C20H22O5P.C6H5.Li/c1-11-7-13(3)17(14(4)8-11)19(21)24-26(23)25-20(22)18-15(5)9-12(2)10-16(18)6;1-2-4-6-5-3-1;/h7-10H,1-6H3;1-5H;/q+1;-1;+1. The smallest absolute Gasteiger partial charge is 0.241 e. The van der Waals surface area contributed by atoms with Crippen LogP contribution in [0, 0.1) is 47.6 Å².